The predicted molar refractivity (Wildman–Crippen MR) is 146 cm³/mol. The van der Waals surface area contributed by atoms with Gasteiger partial charge in [-0.3, -0.25) is 4.90 Å². The minimum Gasteiger partial charge on any atom is -0.478 e. The SMILES string of the molecule is C[Si](C)(C)CCOCn1c(-c2ccc(OCCCN3CCN(C(=O)O)CC3)nc2)cc2c(Cl)ncnc21. The number of halogens is 1. The molecule has 4 rings (SSSR count). The molecule has 1 fully saturated rings. The van der Waals surface area contributed by atoms with Crippen molar-refractivity contribution in [2.75, 3.05) is 45.9 Å². The van der Waals surface area contributed by atoms with Crippen LogP contribution in [0.15, 0.2) is 30.7 Å². The molecular weight excluding hydrogens is 512 g/mol. The summed E-state index contributed by atoms with van der Waals surface area (Å²) in [4.78, 5) is 27.8. The molecule has 0 saturated carbocycles. The van der Waals surface area contributed by atoms with Crippen LogP contribution in [0.5, 0.6) is 5.88 Å². The Kier molecular flexibility index (Phi) is 9.01. The molecule has 1 aliphatic rings. The minimum atomic E-state index is -1.19. The maximum atomic E-state index is 11.0. The van der Waals surface area contributed by atoms with Crippen molar-refractivity contribution in [2.24, 2.45) is 0 Å². The van der Waals surface area contributed by atoms with E-state index < -0.39 is 14.2 Å². The first-order chi connectivity index (χ1) is 17.7. The Morgan fingerprint density at radius 2 is 1.89 bits per heavy atom. The standard InChI is InChI=1S/C25H35ClN6O4Si/c1-37(2,3)14-13-35-18-32-21(15-20-23(26)28-17-29-24(20)32)19-5-6-22(27-16-19)36-12-4-7-30-8-10-31(11-9-30)25(33)34/h5-6,15-17H,4,7-14,18H2,1-3H3,(H,33,34). The Balaban J connectivity index is 1.35. The summed E-state index contributed by atoms with van der Waals surface area (Å²) >= 11 is 6.36. The van der Waals surface area contributed by atoms with E-state index in [-0.39, 0.29) is 0 Å². The molecule has 1 aliphatic heterocycles. The van der Waals surface area contributed by atoms with Gasteiger partial charge in [-0.1, -0.05) is 31.2 Å². The largest absolute Gasteiger partial charge is 0.478 e. The number of amides is 1. The molecule has 0 aromatic carbocycles. The van der Waals surface area contributed by atoms with Gasteiger partial charge >= 0.3 is 6.09 Å². The smallest absolute Gasteiger partial charge is 0.407 e. The van der Waals surface area contributed by atoms with Gasteiger partial charge < -0.3 is 24.0 Å². The number of aromatic nitrogens is 4. The number of hydrogen-bond acceptors (Lipinski definition) is 7. The zero-order valence-corrected chi connectivity index (χ0v) is 23.4. The van der Waals surface area contributed by atoms with E-state index in [1.165, 1.54) is 11.2 Å². The van der Waals surface area contributed by atoms with Crippen LogP contribution in [0.1, 0.15) is 6.42 Å². The summed E-state index contributed by atoms with van der Waals surface area (Å²) in [6, 6.07) is 6.90. The van der Waals surface area contributed by atoms with Gasteiger partial charge in [-0.25, -0.2) is 19.7 Å². The van der Waals surface area contributed by atoms with Gasteiger partial charge in [0.05, 0.1) is 17.7 Å². The first-order valence-electron chi connectivity index (χ1n) is 12.6. The number of nitrogens with zero attached hydrogens (tertiary/aromatic N) is 6. The van der Waals surface area contributed by atoms with Crippen LogP contribution in [0.2, 0.25) is 30.8 Å². The topological polar surface area (TPSA) is 106 Å². The summed E-state index contributed by atoms with van der Waals surface area (Å²) in [6.45, 7) is 12.1. The average Bonchev–Trinajstić information content (AvgIpc) is 3.24. The number of fused-ring (bicyclic) bond motifs is 1. The highest BCUT2D eigenvalue weighted by Gasteiger charge is 2.20. The van der Waals surface area contributed by atoms with E-state index in [0.717, 1.165) is 54.4 Å². The Labute approximate surface area is 223 Å². The van der Waals surface area contributed by atoms with Gasteiger partial charge in [0.25, 0.3) is 0 Å². The molecule has 3 aromatic heterocycles. The lowest BCUT2D eigenvalue weighted by atomic mass is 10.2. The Bertz CT molecular complexity index is 1190. The molecule has 0 atom stereocenters. The van der Waals surface area contributed by atoms with E-state index in [1.807, 2.05) is 22.8 Å². The summed E-state index contributed by atoms with van der Waals surface area (Å²) in [7, 11) is -1.19. The van der Waals surface area contributed by atoms with E-state index in [2.05, 4.69) is 39.5 Å². The molecule has 0 spiro atoms. The maximum Gasteiger partial charge on any atom is 0.407 e. The van der Waals surface area contributed by atoms with Crippen LogP contribution in [0, 0.1) is 0 Å². The molecular formula is C25H35ClN6O4Si. The second-order valence-corrected chi connectivity index (χ2v) is 16.4. The van der Waals surface area contributed by atoms with Crippen molar-refractivity contribution in [3.8, 4) is 17.1 Å². The third-order valence-corrected chi connectivity index (χ3v) is 8.41. The normalized spacial score (nSPS) is 14.9. The number of hydrogen-bond donors (Lipinski definition) is 1. The van der Waals surface area contributed by atoms with Crippen LogP contribution in [-0.2, 0) is 11.5 Å². The molecule has 1 saturated heterocycles. The predicted octanol–water partition coefficient (Wildman–Crippen LogP) is 4.52. The van der Waals surface area contributed by atoms with Crippen molar-refractivity contribution in [2.45, 2.75) is 38.8 Å². The van der Waals surface area contributed by atoms with Crippen LogP contribution in [-0.4, -0.2) is 94.5 Å². The zero-order valence-electron chi connectivity index (χ0n) is 21.7. The number of ether oxygens (including phenoxy) is 2. The van der Waals surface area contributed by atoms with Crippen molar-refractivity contribution >= 4 is 36.8 Å². The molecule has 4 heterocycles. The van der Waals surface area contributed by atoms with E-state index in [1.54, 1.807) is 6.20 Å². The van der Waals surface area contributed by atoms with E-state index in [4.69, 9.17) is 26.2 Å². The lowest BCUT2D eigenvalue weighted by Gasteiger charge is -2.32. The van der Waals surface area contributed by atoms with E-state index in [0.29, 0.717) is 44.1 Å². The quantitative estimate of drug-likeness (QED) is 0.212. The molecule has 200 valence electrons. The van der Waals surface area contributed by atoms with Crippen molar-refractivity contribution in [1.29, 1.82) is 0 Å². The lowest BCUT2D eigenvalue weighted by molar-refractivity contribution is 0.0909. The number of carbonyl (C=O) groups is 1. The summed E-state index contributed by atoms with van der Waals surface area (Å²) in [5.74, 6) is 0.561. The third-order valence-electron chi connectivity index (χ3n) is 6.40. The highest BCUT2D eigenvalue weighted by Crippen LogP contribution is 2.30. The molecule has 12 heteroatoms. The van der Waals surface area contributed by atoms with Crippen molar-refractivity contribution in [3.05, 3.63) is 35.9 Å². The highest BCUT2D eigenvalue weighted by molar-refractivity contribution is 6.76. The maximum absolute atomic E-state index is 11.0. The lowest BCUT2D eigenvalue weighted by Crippen LogP contribution is -2.48. The third kappa shape index (κ3) is 7.41. The summed E-state index contributed by atoms with van der Waals surface area (Å²) < 4.78 is 13.9. The van der Waals surface area contributed by atoms with Gasteiger partial charge in [0.1, 0.15) is 23.9 Å². The highest BCUT2D eigenvalue weighted by atomic mass is 35.5. The van der Waals surface area contributed by atoms with Gasteiger partial charge in [0, 0.05) is 65.2 Å². The Morgan fingerprint density at radius 1 is 1.11 bits per heavy atom. The fourth-order valence-electron chi connectivity index (χ4n) is 4.18. The van der Waals surface area contributed by atoms with Crippen LogP contribution in [0.4, 0.5) is 4.79 Å². The van der Waals surface area contributed by atoms with Crippen LogP contribution >= 0.6 is 11.6 Å². The molecule has 10 nitrogen and oxygen atoms in total. The number of rotatable bonds is 11. The molecule has 0 unspecified atom stereocenters. The monoisotopic (exact) mass is 546 g/mol. The molecule has 0 bridgehead atoms. The molecule has 1 N–H and O–H groups in total. The fourth-order valence-corrected chi connectivity index (χ4v) is 5.12. The minimum absolute atomic E-state index is 0.371. The Morgan fingerprint density at radius 3 is 2.57 bits per heavy atom. The summed E-state index contributed by atoms with van der Waals surface area (Å²) in [5, 5.41) is 10.2. The fraction of sp³-hybridized carbons (Fsp3) is 0.520. The molecule has 1 amide bonds. The zero-order chi connectivity index (χ0) is 26.4. The second kappa shape index (κ2) is 12.2. The van der Waals surface area contributed by atoms with Crippen LogP contribution < -0.4 is 4.74 Å². The number of pyridine rings is 1. The first kappa shape index (κ1) is 27.3. The second-order valence-electron chi connectivity index (χ2n) is 10.4. The van der Waals surface area contributed by atoms with E-state index >= 15 is 0 Å². The van der Waals surface area contributed by atoms with Gasteiger partial charge in [0.15, 0.2) is 0 Å². The Hall–Kier alpha value is -2.73. The average molecular weight is 547 g/mol. The molecule has 3 aromatic rings. The van der Waals surface area contributed by atoms with Crippen molar-refractivity contribution < 1.29 is 19.4 Å². The first-order valence-corrected chi connectivity index (χ1v) is 16.7. The molecule has 0 radical (unpaired) electrons. The molecule has 37 heavy (non-hydrogen) atoms. The molecule has 0 aliphatic carbocycles. The van der Waals surface area contributed by atoms with Gasteiger partial charge in [-0.15, -0.1) is 0 Å². The van der Waals surface area contributed by atoms with Gasteiger partial charge in [-0.05, 0) is 24.6 Å². The summed E-state index contributed by atoms with van der Waals surface area (Å²) in [6.07, 6.45) is 3.25. The van der Waals surface area contributed by atoms with Crippen LogP contribution in [0.3, 0.4) is 0 Å². The number of carboxylic acid groups (broad SMARTS) is 1. The number of piperazine rings is 1. The van der Waals surface area contributed by atoms with Crippen molar-refractivity contribution in [1.82, 2.24) is 29.3 Å². The van der Waals surface area contributed by atoms with E-state index in [9.17, 15) is 4.79 Å². The van der Waals surface area contributed by atoms with Crippen LogP contribution in [0.25, 0.3) is 22.3 Å². The summed E-state index contributed by atoms with van der Waals surface area (Å²) in [5.41, 5.74) is 2.55. The van der Waals surface area contributed by atoms with Gasteiger partial charge in [0.2, 0.25) is 5.88 Å². The van der Waals surface area contributed by atoms with Crippen molar-refractivity contribution in [3.63, 3.8) is 0 Å². The van der Waals surface area contributed by atoms with Gasteiger partial charge in [-0.2, -0.15) is 0 Å².